The van der Waals surface area contributed by atoms with E-state index in [1.807, 2.05) is 6.07 Å². The third-order valence-corrected chi connectivity index (χ3v) is 2.01. The third kappa shape index (κ3) is 3.58. The molecule has 0 saturated heterocycles. The quantitative estimate of drug-likeness (QED) is 0.594. The molecule has 1 N–H and O–H groups in total. The molecule has 0 atom stereocenters. The number of methoxy groups -OCH3 is 1. The molecule has 0 radical (unpaired) electrons. The van der Waals surface area contributed by atoms with Gasteiger partial charge < -0.3 is 10.1 Å². The first-order valence-corrected chi connectivity index (χ1v) is 5.06. The van der Waals surface area contributed by atoms with Crippen LogP contribution in [-0.4, -0.2) is 24.6 Å². The first-order valence-electron chi connectivity index (χ1n) is 5.06. The number of aromatic nitrogens is 1. The molecule has 0 aliphatic heterocycles. The van der Waals surface area contributed by atoms with Crippen molar-refractivity contribution in [2.24, 2.45) is 0 Å². The molecule has 0 aromatic carbocycles. The molecule has 0 spiro atoms. The zero-order valence-electron chi connectivity index (χ0n) is 9.12. The van der Waals surface area contributed by atoms with Crippen molar-refractivity contribution in [3.05, 3.63) is 24.0 Å². The van der Waals surface area contributed by atoms with E-state index in [4.69, 9.17) is 0 Å². The predicted octanol–water partition coefficient (Wildman–Crippen LogP) is 2.08. The van der Waals surface area contributed by atoms with Gasteiger partial charge in [-0.05, 0) is 18.6 Å². The average molecular weight is 208 g/mol. The van der Waals surface area contributed by atoms with Gasteiger partial charge in [0.2, 0.25) is 0 Å². The minimum absolute atomic E-state index is 0.332. The molecule has 0 aliphatic rings. The fourth-order valence-electron chi connectivity index (χ4n) is 1.17. The predicted molar refractivity (Wildman–Crippen MR) is 59.0 cm³/mol. The summed E-state index contributed by atoms with van der Waals surface area (Å²) in [5.74, 6) is -0.408. The summed E-state index contributed by atoms with van der Waals surface area (Å²) in [7, 11) is 1.35. The lowest BCUT2D eigenvalue weighted by Crippen LogP contribution is -2.06. The molecule has 4 nitrogen and oxygen atoms in total. The van der Waals surface area contributed by atoms with Crippen molar-refractivity contribution in [2.75, 3.05) is 19.0 Å². The summed E-state index contributed by atoms with van der Waals surface area (Å²) in [6.45, 7) is 3.04. The number of anilines is 1. The van der Waals surface area contributed by atoms with Crippen molar-refractivity contribution < 1.29 is 9.53 Å². The molecule has 0 bridgehead atoms. The molecule has 0 fully saturated rings. The molecule has 0 amide bonds. The second kappa shape index (κ2) is 6.01. The Balaban J connectivity index is 2.62. The summed E-state index contributed by atoms with van der Waals surface area (Å²) in [6, 6.07) is 3.53. The monoisotopic (exact) mass is 208 g/mol. The van der Waals surface area contributed by atoms with E-state index in [9.17, 15) is 4.79 Å². The highest BCUT2D eigenvalue weighted by atomic mass is 16.5. The van der Waals surface area contributed by atoms with E-state index in [1.54, 1.807) is 12.3 Å². The van der Waals surface area contributed by atoms with Crippen LogP contribution in [0.15, 0.2) is 18.3 Å². The number of carbonyl (C=O) groups excluding carboxylic acids is 1. The Kier molecular flexibility index (Phi) is 4.60. The maximum Gasteiger partial charge on any atom is 0.356 e. The maximum absolute atomic E-state index is 11.2. The lowest BCUT2D eigenvalue weighted by atomic mass is 10.3. The average Bonchev–Trinajstić information content (AvgIpc) is 2.29. The van der Waals surface area contributed by atoms with Crippen molar-refractivity contribution in [3.8, 4) is 0 Å². The highest BCUT2D eigenvalue weighted by molar-refractivity contribution is 5.88. The molecule has 0 unspecified atom stereocenters. The van der Waals surface area contributed by atoms with Gasteiger partial charge in [-0.2, -0.15) is 0 Å². The number of ether oxygens (including phenoxy) is 1. The van der Waals surface area contributed by atoms with Gasteiger partial charge in [0.05, 0.1) is 7.11 Å². The maximum atomic E-state index is 11.2. The van der Waals surface area contributed by atoms with E-state index < -0.39 is 5.97 Å². The molecule has 82 valence electrons. The molecule has 15 heavy (non-hydrogen) atoms. The van der Waals surface area contributed by atoms with Crippen molar-refractivity contribution in [1.29, 1.82) is 0 Å². The number of nitrogens with one attached hydrogen (secondary N) is 1. The van der Waals surface area contributed by atoms with Crippen LogP contribution in [-0.2, 0) is 4.74 Å². The molecular weight excluding hydrogens is 192 g/mol. The number of carbonyl (C=O) groups is 1. The van der Waals surface area contributed by atoms with Crippen molar-refractivity contribution in [1.82, 2.24) is 4.98 Å². The van der Waals surface area contributed by atoms with E-state index in [0.717, 1.165) is 25.1 Å². The molecule has 0 aliphatic carbocycles. The Morgan fingerprint density at radius 1 is 1.60 bits per heavy atom. The summed E-state index contributed by atoms with van der Waals surface area (Å²) in [6.07, 6.45) is 3.85. The largest absolute Gasteiger partial charge is 0.464 e. The van der Waals surface area contributed by atoms with Gasteiger partial charge in [-0.15, -0.1) is 0 Å². The SMILES string of the molecule is CCCCNc1ccnc(C(=O)OC)c1. The summed E-state index contributed by atoms with van der Waals surface area (Å²) in [5, 5.41) is 3.22. The fourth-order valence-corrected chi connectivity index (χ4v) is 1.17. The number of hydrogen-bond donors (Lipinski definition) is 1. The number of esters is 1. The van der Waals surface area contributed by atoms with Gasteiger partial charge >= 0.3 is 5.97 Å². The molecule has 1 heterocycles. The van der Waals surface area contributed by atoms with Crippen LogP contribution >= 0.6 is 0 Å². The first kappa shape index (κ1) is 11.5. The van der Waals surface area contributed by atoms with Gasteiger partial charge in [-0.25, -0.2) is 9.78 Å². The summed E-state index contributed by atoms with van der Waals surface area (Å²) >= 11 is 0. The minimum atomic E-state index is -0.408. The summed E-state index contributed by atoms with van der Waals surface area (Å²) in [5.41, 5.74) is 1.23. The van der Waals surface area contributed by atoms with Crippen molar-refractivity contribution >= 4 is 11.7 Å². The summed E-state index contributed by atoms with van der Waals surface area (Å²) in [4.78, 5) is 15.1. The highest BCUT2D eigenvalue weighted by Crippen LogP contribution is 2.08. The topological polar surface area (TPSA) is 51.2 Å². The molecular formula is C11H16N2O2. The van der Waals surface area contributed by atoms with Gasteiger partial charge in [0.25, 0.3) is 0 Å². The second-order valence-electron chi connectivity index (χ2n) is 3.20. The number of pyridine rings is 1. The molecule has 4 heteroatoms. The molecule has 1 aromatic rings. The molecule has 1 rings (SSSR count). The molecule has 0 saturated carbocycles. The van der Waals surface area contributed by atoms with Crippen LogP contribution < -0.4 is 5.32 Å². The van der Waals surface area contributed by atoms with Crippen LogP contribution in [0.25, 0.3) is 0 Å². The van der Waals surface area contributed by atoms with Gasteiger partial charge in [-0.3, -0.25) is 0 Å². The van der Waals surface area contributed by atoms with E-state index in [0.29, 0.717) is 5.69 Å². The Hall–Kier alpha value is -1.58. The highest BCUT2D eigenvalue weighted by Gasteiger charge is 2.06. The summed E-state index contributed by atoms with van der Waals surface area (Å²) < 4.78 is 4.59. The molecule has 1 aromatic heterocycles. The number of hydrogen-bond acceptors (Lipinski definition) is 4. The number of nitrogens with zero attached hydrogens (tertiary/aromatic N) is 1. The Bertz CT molecular complexity index is 326. The zero-order chi connectivity index (χ0) is 11.1. The lowest BCUT2D eigenvalue weighted by molar-refractivity contribution is 0.0594. The van der Waals surface area contributed by atoms with Crippen LogP contribution in [0, 0.1) is 0 Å². The van der Waals surface area contributed by atoms with Crippen molar-refractivity contribution in [2.45, 2.75) is 19.8 Å². The van der Waals surface area contributed by atoms with E-state index in [1.165, 1.54) is 7.11 Å². The van der Waals surface area contributed by atoms with Gasteiger partial charge in [-0.1, -0.05) is 13.3 Å². The standard InChI is InChI=1S/C11H16N2O2/c1-3-4-6-12-9-5-7-13-10(8-9)11(14)15-2/h5,7-8H,3-4,6H2,1-2H3,(H,12,13). The Morgan fingerprint density at radius 3 is 3.07 bits per heavy atom. The fraction of sp³-hybridized carbons (Fsp3) is 0.455. The van der Waals surface area contributed by atoms with Gasteiger partial charge in [0.1, 0.15) is 5.69 Å². The smallest absolute Gasteiger partial charge is 0.356 e. The lowest BCUT2D eigenvalue weighted by Gasteiger charge is -2.05. The van der Waals surface area contributed by atoms with Crippen LogP contribution in [0.5, 0.6) is 0 Å². The van der Waals surface area contributed by atoms with E-state index in [-0.39, 0.29) is 0 Å². The van der Waals surface area contributed by atoms with E-state index >= 15 is 0 Å². The first-order chi connectivity index (χ1) is 7.27. The Labute approximate surface area is 89.7 Å². The number of unbranched alkanes of at least 4 members (excludes halogenated alkanes) is 1. The normalized spacial score (nSPS) is 9.73. The Morgan fingerprint density at radius 2 is 2.40 bits per heavy atom. The zero-order valence-corrected chi connectivity index (χ0v) is 9.12. The van der Waals surface area contributed by atoms with Crippen LogP contribution in [0.3, 0.4) is 0 Å². The van der Waals surface area contributed by atoms with Crippen LogP contribution in [0.1, 0.15) is 30.3 Å². The minimum Gasteiger partial charge on any atom is -0.464 e. The van der Waals surface area contributed by atoms with Crippen LogP contribution in [0.4, 0.5) is 5.69 Å². The van der Waals surface area contributed by atoms with E-state index in [2.05, 4.69) is 22.0 Å². The van der Waals surface area contributed by atoms with Gasteiger partial charge in [0.15, 0.2) is 0 Å². The van der Waals surface area contributed by atoms with Crippen LogP contribution in [0.2, 0.25) is 0 Å². The number of rotatable bonds is 5. The van der Waals surface area contributed by atoms with Gasteiger partial charge in [0, 0.05) is 18.4 Å². The second-order valence-corrected chi connectivity index (χ2v) is 3.20. The van der Waals surface area contributed by atoms with Crippen molar-refractivity contribution in [3.63, 3.8) is 0 Å². The third-order valence-electron chi connectivity index (χ3n) is 2.01.